The van der Waals surface area contributed by atoms with E-state index in [1.807, 2.05) is 13.8 Å². The fourth-order valence-electron chi connectivity index (χ4n) is 16.0. The average Bonchev–Trinajstić information content (AvgIpc) is 1.75. The molecule has 4 aliphatic heterocycles. The number of alkyl halides is 9. The Morgan fingerprint density at radius 3 is 1.04 bits per heavy atom. The Morgan fingerprint density at radius 2 is 0.650 bits per heavy atom. The highest BCUT2D eigenvalue weighted by Gasteiger charge is 2.47. The van der Waals surface area contributed by atoms with Crippen LogP contribution in [0.4, 0.5) is 56.6 Å². The number of ether oxygens (including phenoxy) is 2. The van der Waals surface area contributed by atoms with Crippen molar-refractivity contribution in [2.45, 2.75) is 111 Å². The Labute approximate surface area is 774 Å². The van der Waals surface area contributed by atoms with E-state index in [0.29, 0.717) is 44.8 Å². The van der Waals surface area contributed by atoms with Gasteiger partial charge in [-0.3, -0.25) is 48.1 Å². The number of cyclic esters (lactones) is 4. The van der Waals surface area contributed by atoms with Gasteiger partial charge in [0.25, 0.3) is 23.6 Å². The second kappa shape index (κ2) is 39.7. The summed E-state index contributed by atoms with van der Waals surface area (Å²) in [4.78, 5) is 191. The molecule has 4 aliphatic rings. The molecule has 0 bridgehead atoms. The molecule has 696 valence electrons. The summed E-state index contributed by atoms with van der Waals surface area (Å²) in [6.07, 6.45) is -13.2. The van der Waals surface area contributed by atoms with E-state index in [-0.39, 0.29) is 159 Å². The molecule has 16 rings (SSSR count). The molecule has 12 aromatic carbocycles. The topological polar surface area (TPSA) is 370 Å². The normalized spacial score (nSPS) is 13.3. The van der Waals surface area contributed by atoms with E-state index in [9.17, 15) is 112 Å². The van der Waals surface area contributed by atoms with Crippen molar-refractivity contribution < 1.29 is 131 Å². The molecule has 0 radical (unpaired) electrons. The van der Waals surface area contributed by atoms with Crippen LogP contribution in [0.25, 0.3) is 0 Å². The van der Waals surface area contributed by atoms with Gasteiger partial charge in [0.15, 0.2) is 28.9 Å². The van der Waals surface area contributed by atoms with Gasteiger partial charge in [0, 0.05) is 75.8 Å². The van der Waals surface area contributed by atoms with Crippen LogP contribution in [0.15, 0.2) is 224 Å². The minimum absolute atomic E-state index is 0.0154. The maximum Gasteiger partial charge on any atom is 0.399 e. The van der Waals surface area contributed by atoms with Gasteiger partial charge in [0.05, 0.1) is 55.8 Å². The van der Waals surface area contributed by atoms with Crippen LogP contribution in [0.3, 0.4) is 0 Å². The van der Waals surface area contributed by atoms with Crippen LogP contribution < -0.4 is 16.4 Å². The number of halogens is 9. The zero-order chi connectivity index (χ0) is 100. The summed E-state index contributed by atoms with van der Waals surface area (Å²) in [5.74, 6) is -14.4. The number of nitrogen functional groups attached to an aromatic ring is 2. The Morgan fingerprint density at radius 1 is 0.336 bits per heavy atom. The first-order valence-electron chi connectivity index (χ1n) is 41.7. The number of rotatable bonds is 19. The summed E-state index contributed by atoms with van der Waals surface area (Å²) in [6, 6.07) is 52.4. The van der Waals surface area contributed by atoms with E-state index in [4.69, 9.17) is 21.1 Å². The molecule has 0 fully saturated rings. The van der Waals surface area contributed by atoms with Gasteiger partial charge in [-0.1, -0.05) is 153 Å². The van der Waals surface area contributed by atoms with Crippen LogP contribution in [-0.2, 0) is 25.5 Å². The zero-order valence-corrected chi connectivity index (χ0v) is 74.3. The number of carbonyl (C=O) groups excluding carboxylic acids is 15. The third kappa shape index (κ3) is 20.9. The van der Waals surface area contributed by atoms with Crippen LogP contribution in [0, 0.1) is 55.4 Å². The number of hydrogen-bond donors (Lipinski definition) is 3. The Hall–Kier alpha value is -16.6. The van der Waals surface area contributed by atoms with Gasteiger partial charge in [0.1, 0.15) is 17.8 Å². The number of Topliss-reactive ketones (excluding diaryl/α,β-unsaturated/α-hetero) is 2. The summed E-state index contributed by atoms with van der Waals surface area (Å²) in [6.45, 7) is 15.4. The first-order chi connectivity index (χ1) is 64.5. The summed E-state index contributed by atoms with van der Waals surface area (Å²) >= 11 is 0. The molecule has 12 aromatic rings. The molecular weight excluding hydrogens is 1790 g/mol. The van der Waals surface area contributed by atoms with Crippen molar-refractivity contribution in [2.24, 2.45) is 0 Å². The first-order valence-corrected chi connectivity index (χ1v) is 41.7. The highest BCUT2D eigenvalue weighted by Crippen LogP contribution is 2.46. The summed E-state index contributed by atoms with van der Waals surface area (Å²) in [5, 5.41) is 9.52. The van der Waals surface area contributed by atoms with Gasteiger partial charge >= 0.3 is 54.5 Å². The van der Waals surface area contributed by atoms with Crippen molar-refractivity contribution in [3.05, 3.63) is 402 Å². The number of hydrogen-bond acceptors (Lipinski definition) is 20. The lowest BCUT2D eigenvalue weighted by Crippen LogP contribution is -2.30. The number of ketones is 5. The molecule has 4 heterocycles. The van der Waals surface area contributed by atoms with Gasteiger partial charge < -0.3 is 26.0 Å². The largest absolute Gasteiger partial charge is 0.478 e. The number of fused-ring (bicyclic) bond motifs is 4. The lowest BCUT2D eigenvalue weighted by molar-refractivity contribution is -0.192. The molecule has 23 nitrogen and oxygen atoms in total. The fraction of sp³-hybridized carbons (Fsp3) is 0.171. The number of nitrogens with two attached hydrogens (primary N) is 2. The van der Waals surface area contributed by atoms with Crippen molar-refractivity contribution in [3.8, 4) is 0 Å². The van der Waals surface area contributed by atoms with E-state index in [0.717, 1.165) is 32.1 Å². The third-order valence-electron chi connectivity index (χ3n) is 23.7. The Bertz CT molecular complexity index is 7030. The molecule has 0 spiro atoms. The molecule has 0 aliphatic carbocycles. The number of benzene rings is 12. The van der Waals surface area contributed by atoms with E-state index in [1.54, 1.807) is 65.8 Å². The molecule has 32 heteroatoms. The van der Waals surface area contributed by atoms with E-state index in [1.165, 1.54) is 214 Å². The average molecular weight is 1870 g/mol. The molecule has 2 atom stereocenters. The minimum Gasteiger partial charge on any atom is -0.478 e. The molecule has 137 heavy (non-hydrogen) atoms. The lowest BCUT2D eigenvalue weighted by atomic mass is 9.86. The van der Waals surface area contributed by atoms with Gasteiger partial charge in [-0.15, -0.1) is 0 Å². The van der Waals surface area contributed by atoms with Crippen LogP contribution >= 0.6 is 0 Å². The van der Waals surface area contributed by atoms with Crippen molar-refractivity contribution in [1.82, 2.24) is 4.90 Å². The van der Waals surface area contributed by atoms with Crippen LogP contribution in [0.1, 0.15) is 276 Å². The monoisotopic (exact) mass is 1870 g/mol. The van der Waals surface area contributed by atoms with Gasteiger partial charge in [-0.05, 0) is 218 Å². The Kier molecular flexibility index (Phi) is 28.8. The van der Waals surface area contributed by atoms with Crippen LogP contribution in [0.2, 0.25) is 0 Å². The van der Waals surface area contributed by atoms with Gasteiger partial charge in [-0.2, -0.15) is 49.1 Å². The molecule has 0 saturated carbocycles. The number of aromatic carboxylic acids is 1. The quantitative estimate of drug-likeness (QED) is 0.0169. The number of aryl methyl sites for hydroxylation is 8. The summed E-state index contributed by atoms with van der Waals surface area (Å²) in [7, 11) is 1.34. The molecule has 0 saturated heterocycles. The first kappa shape index (κ1) is 99.4. The van der Waals surface area contributed by atoms with Crippen LogP contribution in [-0.4, -0.2) is 124 Å². The van der Waals surface area contributed by atoms with E-state index < -0.39 is 107 Å². The second-order valence-corrected chi connectivity index (χ2v) is 32.7. The molecular formula is C105H79F9N4O19. The number of carbonyl (C=O) groups is 14. The van der Waals surface area contributed by atoms with Crippen molar-refractivity contribution in [3.63, 3.8) is 0 Å². The predicted molar refractivity (Wildman–Crippen MR) is 480 cm³/mol. The maximum absolute atomic E-state index is 14.3. The zero-order valence-electron chi connectivity index (χ0n) is 74.3. The predicted octanol–water partition coefficient (Wildman–Crippen LogP) is 19.9. The van der Waals surface area contributed by atoms with Gasteiger partial charge in [0.2, 0.25) is 0 Å². The number of imide groups is 2. The fourth-order valence-corrected chi connectivity index (χ4v) is 16.0. The highest BCUT2D eigenvalue weighted by atomic mass is 19.4. The number of nitrogens with zero attached hydrogens (tertiary/aromatic N) is 2. The number of esters is 4. The molecule has 5 N–H and O–H groups in total. The Balaban J connectivity index is 0.000000170. The van der Waals surface area contributed by atoms with E-state index >= 15 is 0 Å². The number of amides is 4. The smallest absolute Gasteiger partial charge is 0.399 e. The van der Waals surface area contributed by atoms with Gasteiger partial charge in [-0.25, -0.2) is 28.9 Å². The molecule has 0 aromatic heterocycles. The number of carboxylic acids is 1. The SMILES string of the molecule is CCC(=O)c1ccc(C(=O)c2ccc(C(=O)Cc3ccc(C(c4ccc(C)c(C)c4)C(F)(F)F)cc3C)cc2)cc1C(=O)O.Cc1cc(C(c2ccc(N)c(C)c2)C(F)(F)F)ccc1N.Cc1ccc(C(c2ccc(N3C(=O)c4ccc(C(=O)c5ccc6c(c5)C(=O)N(C)C6=O)cc4C3=O)c(C)c2)C(F)(F)F)cc1C.O=C(c1ccc2c(c1)C(=O)OC2=O)c1ccc2c(c1)C(=O)OC2=O.O=C=O. The number of anilines is 3. The third-order valence-corrected chi connectivity index (χ3v) is 23.7. The summed E-state index contributed by atoms with van der Waals surface area (Å²) in [5.41, 5.74) is 20.5. The number of carboxylic acid groups (broad SMARTS) is 1. The van der Waals surface area contributed by atoms with Crippen molar-refractivity contribution >= 4 is 106 Å². The van der Waals surface area contributed by atoms with Crippen molar-refractivity contribution in [2.75, 3.05) is 23.4 Å². The highest BCUT2D eigenvalue weighted by molar-refractivity contribution is 6.35. The lowest BCUT2D eigenvalue weighted by Gasteiger charge is -2.24. The maximum atomic E-state index is 14.3. The second-order valence-electron chi connectivity index (χ2n) is 32.7. The molecule has 4 amide bonds. The van der Waals surface area contributed by atoms with Crippen LogP contribution in [0.5, 0.6) is 0 Å². The summed E-state index contributed by atoms with van der Waals surface area (Å²) < 4.78 is 135. The van der Waals surface area contributed by atoms with E-state index in [2.05, 4.69) is 9.47 Å². The standard InChI is InChI=1S/C36H31F3O5.C35H25F3N2O5.C17H6O7.C16H17F3N2.CO2/c1-5-31(40)29-15-14-28(18-30(29)35(43)44)34(42)24-10-8-23(9-11-24)32(41)19-25-12-13-27(17-22(25)4)33(36(37,38)39)26-7-6-20(2)21(3)16-26;1-17-5-6-20(13-18(17)2)29(35(36,37)38)21-9-12-28(19(3)14-21)40-33(44)25-11-8-23(16-27(25)34(40)45)30(41)22-7-10-24-26(15-22)32(43)39(4)31(24)42;18-13(7-1-3-9-11(5-7)16(21)23-14(9)19)8-2-4-10-12(6-8)17(22)24-15(10)20;1-9-7-11(3-5-13(9)20)15(16(17,18)19)12-4-6-14(21)10(2)8-12;2-1-3/h6-18,33H,5,19H2,1-4H3,(H,43,44);5-16,29H,1-4H3;1-6H;3-8,15H,20-21H2,1-2H3;. The minimum atomic E-state index is -4.59. The van der Waals surface area contributed by atoms with Crippen molar-refractivity contribution in [1.29, 1.82) is 0 Å². The molecule has 2 unspecified atom stereocenters.